The minimum Gasteiger partial charge on any atom is -0.468 e. The maximum atomic E-state index is 13.4. The summed E-state index contributed by atoms with van der Waals surface area (Å²) in [7, 11) is 1.42. The maximum Gasteiger partial charge on any atom is 0.319 e. The number of fused-ring (bicyclic) bond motifs is 3. The molecule has 0 radical (unpaired) electrons. The third-order valence-electron chi connectivity index (χ3n) is 5.85. The lowest BCUT2D eigenvalue weighted by atomic mass is 9.87. The van der Waals surface area contributed by atoms with Crippen LogP contribution in [0.15, 0.2) is 48.5 Å². The van der Waals surface area contributed by atoms with E-state index in [-0.39, 0.29) is 23.8 Å². The molecule has 1 fully saturated rings. The molecular formula is C23H25NO3. The first-order valence-corrected chi connectivity index (χ1v) is 9.32. The van der Waals surface area contributed by atoms with Gasteiger partial charge in [0.25, 0.3) is 0 Å². The first kappa shape index (κ1) is 17.8. The Labute approximate surface area is 160 Å². The second kappa shape index (κ2) is 5.69. The van der Waals surface area contributed by atoms with E-state index in [2.05, 4.69) is 6.07 Å². The highest BCUT2D eigenvalue weighted by atomic mass is 16.5. The highest BCUT2D eigenvalue weighted by molar-refractivity contribution is 6.07. The van der Waals surface area contributed by atoms with Crippen LogP contribution in [0.1, 0.15) is 43.4 Å². The fourth-order valence-corrected chi connectivity index (χ4v) is 4.63. The Morgan fingerprint density at radius 2 is 1.74 bits per heavy atom. The van der Waals surface area contributed by atoms with E-state index in [4.69, 9.17) is 4.74 Å². The van der Waals surface area contributed by atoms with Crippen molar-refractivity contribution < 1.29 is 14.3 Å². The zero-order valence-electron chi connectivity index (χ0n) is 16.4. The SMILES string of the molecule is COC(=O)[C@@]1(c2ccccc2)[C@@H]2c3cc(C)ccc3N(C(=O)C(C)(C)C)[C@@H]21. The summed E-state index contributed by atoms with van der Waals surface area (Å²) in [5.74, 6) is -0.321. The van der Waals surface area contributed by atoms with E-state index in [9.17, 15) is 9.59 Å². The first-order valence-electron chi connectivity index (χ1n) is 9.32. The molecule has 2 aliphatic rings. The minimum atomic E-state index is -0.836. The number of carbonyl (C=O) groups excluding carboxylic acids is 2. The van der Waals surface area contributed by atoms with Gasteiger partial charge >= 0.3 is 5.97 Å². The van der Waals surface area contributed by atoms with E-state index in [0.717, 1.165) is 22.4 Å². The maximum absolute atomic E-state index is 13.4. The zero-order chi connectivity index (χ0) is 19.6. The average Bonchev–Trinajstić information content (AvgIpc) is 3.21. The molecule has 2 aromatic rings. The summed E-state index contributed by atoms with van der Waals surface area (Å²) in [4.78, 5) is 28.3. The van der Waals surface area contributed by atoms with Crippen LogP contribution in [0.4, 0.5) is 5.69 Å². The summed E-state index contributed by atoms with van der Waals surface area (Å²) in [5.41, 5.74) is 2.63. The molecule has 1 heterocycles. The van der Waals surface area contributed by atoms with Gasteiger partial charge in [-0.05, 0) is 24.1 Å². The minimum absolute atomic E-state index is 0.0295. The van der Waals surface area contributed by atoms with Crippen LogP contribution in [-0.4, -0.2) is 25.0 Å². The van der Waals surface area contributed by atoms with Gasteiger partial charge in [-0.2, -0.15) is 0 Å². The Balaban J connectivity index is 1.94. The molecule has 0 N–H and O–H groups in total. The number of esters is 1. The number of ether oxygens (including phenoxy) is 1. The lowest BCUT2D eigenvalue weighted by Gasteiger charge is -2.32. The molecule has 27 heavy (non-hydrogen) atoms. The highest BCUT2D eigenvalue weighted by Crippen LogP contribution is 2.70. The van der Waals surface area contributed by atoms with Gasteiger partial charge in [0.05, 0.1) is 13.2 Å². The smallest absolute Gasteiger partial charge is 0.319 e. The van der Waals surface area contributed by atoms with Crippen LogP contribution in [0, 0.1) is 12.3 Å². The molecule has 1 aliphatic heterocycles. The number of hydrogen-bond acceptors (Lipinski definition) is 3. The number of hydrogen-bond donors (Lipinski definition) is 0. The standard InChI is InChI=1S/C23H25NO3/c1-14-11-12-17-16(13-14)18-19(24(17)20(25)22(2,3)4)23(18,21(26)27-5)15-9-7-6-8-10-15/h6-13,18-19H,1-5H3/t18-,19+,23+/m1/s1. The van der Waals surface area contributed by atoms with Gasteiger partial charge < -0.3 is 9.64 Å². The lowest BCUT2D eigenvalue weighted by Crippen LogP contribution is -2.45. The van der Waals surface area contributed by atoms with Gasteiger partial charge in [0, 0.05) is 17.0 Å². The van der Waals surface area contributed by atoms with Gasteiger partial charge in [0.2, 0.25) is 5.91 Å². The molecule has 0 saturated heterocycles. The molecule has 0 aromatic heterocycles. The van der Waals surface area contributed by atoms with Gasteiger partial charge in [-0.3, -0.25) is 9.59 Å². The molecule has 3 atom stereocenters. The van der Waals surface area contributed by atoms with Crippen molar-refractivity contribution in [3.05, 3.63) is 65.2 Å². The van der Waals surface area contributed by atoms with Crippen LogP contribution in [0.3, 0.4) is 0 Å². The lowest BCUT2D eigenvalue weighted by molar-refractivity contribution is -0.144. The molecule has 4 heteroatoms. The van der Waals surface area contributed by atoms with Crippen LogP contribution in [0.25, 0.3) is 0 Å². The van der Waals surface area contributed by atoms with E-state index in [1.807, 2.05) is 75.1 Å². The van der Waals surface area contributed by atoms with Crippen molar-refractivity contribution >= 4 is 17.6 Å². The van der Waals surface area contributed by atoms with Crippen molar-refractivity contribution in [2.75, 3.05) is 12.0 Å². The molecule has 4 rings (SSSR count). The predicted molar refractivity (Wildman–Crippen MR) is 105 cm³/mol. The monoisotopic (exact) mass is 363 g/mol. The molecular weight excluding hydrogens is 338 g/mol. The Morgan fingerprint density at radius 3 is 2.33 bits per heavy atom. The second-order valence-corrected chi connectivity index (χ2v) is 8.64. The number of aryl methyl sites for hydroxylation is 1. The number of nitrogens with zero attached hydrogens (tertiary/aromatic N) is 1. The van der Waals surface area contributed by atoms with Crippen molar-refractivity contribution in [3.63, 3.8) is 0 Å². The Morgan fingerprint density at radius 1 is 1.07 bits per heavy atom. The molecule has 1 saturated carbocycles. The Kier molecular flexibility index (Phi) is 3.74. The quantitative estimate of drug-likeness (QED) is 0.759. The number of carbonyl (C=O) groups is 2. The number of anilines is 1. The Bertz CT molecular complexity index is 928. The van der Waals surface area contributed by atoms with Crippen molar-refractivity contribution in [1.29, 1.82) is 0 Å². The molecule has 4 nitrogen and oxygen atoms in total. The van der Waals surface area contributed by atoms with Crippen molar-refractivity contribution in [1.82, 2.24) is 0 Å². The topological polar surface area (TPSA) is 46.6 Å². The predicted octanol–water partition coefficient (Wildman–Crippen LogP) is 3.96. The molecule has 0 spiro atoms. The van der Waals surface area contributed by atoms with E-state index >= 15 is 0 Å². The van der Waals surface area contributed by atoms with Crippen LogP contribution in [0.5, 0.6) is 0 Å². The van der Waals surface area contributed by atoms with Crippen molar-refractivity contribution in [2.45, 2.75) is 45.1 Å². The van der Waals surface area contributed by atoms with Gasteiger partial charge in [0.15, 0.2) is 0 Å². The first-order chi connectivity index (χ1) is 12.7. The highest BCUT2D eigenvalue weighted by Gasteiger charge is 2.78. The van der Waals surface area contributed by atoms with Gasteiger partial charge in [-0.15, -0.1) is 0 Å². The van der Waals surface area contributed by atoms with Crippen molar-refractivity contribution in [3.8, 4) is 0 Å². The normalized spacial score (nSPS) is 25.6. The number of methoxy groups -OCH3 is 1. The number of amides is 1. The summed E-state index contributed by atoms with van der Waals surface area (Å²) in [6, 6.07) is 15.6. The molecule has 140 valence electrons. The van der Waals surface area contributed by atoms with Gasteiger partial charge in [-0.1, -0.05) is 68.8 Å². The fourth-order valence-electron chi connectivity index (χ4n) is 4.63. The molecule has 0 unspecified atom stereocenters. The summed E-state index contributed by atoms with van der Waals surface area (Å²) in [6.45, 7) is 7.79. The summed E-state index contributed by atoms with van der Waals surface area (Å²) < 4.78 is 5.25. The van der Waals surface area contributed by atoms with E-state index in [0.29, 0.717) is 0 Å². The zero-order valence-corrected chi connectivity index (χ0v) is 16.4. The van der Waals surface area contributed by atoms with Crippen LogP contribution < -0.4 is 4.90 Å². The van der Waals surface area contributed by atoms with Crippen LogP contribution >= 0.6 is 0 Å². The van der Waals surface area contributed by atoms with Crippen LogP contribution in [0.2, 0.25) is 0 Å². The van der Waals surface area contributed by atoms with Gasteiger partial charge in [-0.25, -0.2) is 0 Å². The average molecular weight is 363 g/mol. The number of benzene rings is 2. The summed E-state index contributed by atoms with van der Waals surface area (Å²) >= 11 is 0. The molecule has 1 aliphatic carbocycles. The van der Waals surface area contributed by atoms with Crippen LogP contribution in [-0.2, 0) is 19.7 Å². The number of rotatable bonds is 2. The fraction of sp³-hybridized carbons (Fsp3) is 0.391. The molecule has 2 aromatic carbocycles. The Hall–Kier alpha value is -2.62. The second-order valence-electron chi connectivity index (χ2n) is 8.64. The summed E-state index contributed by atoms with van der Waals surface area (Å²) in [5, 5.41) is 0. The summed E-state index contributed by atoms with van der Waals surface area (Å²) in [6.07, 6.45) is 0. The third kappa shape index (κ3) is 2.29. The van der Waals surface area contributed by atoms with E-state index in [1.54, 1.807) is 0 Å². The van der Waals surface area contributed by atoms with Crippen molar-refractivity contribution in [2.24, 2.45) is 5.41 Å². The van der Waals surface area contributed by atoms with E-state index < -0.39 is 10.8 Å². The largest absolute Gasteiger partial charge is 0.468 e. The van der Waals surface area contributed by atoms with E-state index in [1.165, 1.54) is 7.11 Å². The third-order valence-corrected chi connectivity index (χ3v) is 5.85. The molecule has 1 amide bonds. The molecule has 0 bridgehead atoms. The van der Waals surface area contributed by atoms with Gasteiger partial charge in [0.1, 0.15) is 5.41 Å².